The molecule has 7 heteroatoms. The van der Waals surface area contributed by atoms with Gasteiger partial charge in [0.1, 0.15) is 5.02 Å². The number of rotatable bonds is 2. The zero-order valence-electron chi connectivity index (χ0n) is 15.1. The van der Waals surface area contributed by atoms with Crippen molar-refractivity contribution in [1.29, 1.82) is 0 Å². The number of hydrogen-bond acceptors (Lipinski definition) is 4. The first kappa shape index (κ1) is 17.6. The molecule has 5 rings (SSSR count). The zero-order valence-corrected chi connectivity index (χ0v) is 15.9. The van der Waals surface area contributed by atoms with Crippen molar-refractivity contribution in [1.82, 2.24) is 0 Å². The molecule has 2 amide bonds. The summed E-state index contributed by atoms with van der Waals surface area (Å²) in [7, 11) is 0. The lowest BCUT2D eigenvalue weighted by molar-refractivity contribution is -0.384. The van der Waals surface area contributed by atoms with Crippen molar-refractivity contribution in [2.24, 2.45) is 23.7 Å². The lowest BCUT2D eigenvalue weighted by Gasteiger charge is -2.23. The Kier molecular flexibility index (Phi) is 3.95. The van der Waals surface area contributed by atoms with Crippen molar-refractivity contribution in [2.45, 2.75) is 32.1 Å². The lowest BCUT2D eigenvalue weighted by Crippen LogP contribution is -2.33. The molecular weight excluding hydrogens is 380 g/mol. The molecule has 0 radical (unpaired) electrons. The van der Waals surface area contributed by atoms with Gasteiger partial charge in [-0.1, -0.05) is 41.3 Å². The highest BCUT2D eigenvalue weighted by atomic mass is 35.5. The Labute approximate surface area is 167 Å². The number of nitro benzene ring substituents is 1. The van der Waals surface area contributed by atoms with Crippen LogP contribution in [0.4, 0.5) is 11.4 Å². The number of benzene rings is 1. The second-order valence-electron chi connectivity index (χ2n) is 8.01. The highest BCUT2D eigenvalue weighted by Gasteiger charge is 2.62. The van der Waals surface area contributed by atoms with Crippen LogP contribution in [-0.4, -0.2) is 16.7 Å². The van der Waals surface area contributed by atoms with Gasteiger partial charge in [0, 0.05) is 17.9 Å². The van der Waals surface area contributed by atoms with Gasteiger partial charge < -0.3 is 0 Å². The minimum atomic E-state index is -0.603. The SMILES string of the molecule is O=C1[C@@H]2[C@H](C(=O)N1c1ccc(Cl)c([N+](=O)[O-])c1)[C@@H]1C=C[C@@H]2C1=C1CCCCC1. The van der Waals surface area contributed by atoms with Crippen molar-refractivity contribution in [3.63, 3.8) is 0 Å². The first-order chi connectivity index (χ1) is 13.5. The number of hydrogen-bond donors (Lipinski definition) is 0. The van der Waals surface area contributed by atoms with Gasteiger partial charge in [0.05, 0.1) is 22.4 Å². The van der Waals surface area contributed by atoms with Crippen LogP contribution in [0.5, 0.6) is 0 Å². The predicted molar refractivity (Wildman–Crippen MR) is 104 cm³/mol. The van der Waals surface area contributed by atoms with Crippen LogP contribution in [0, 0.1) is 33.8 Å². The second kappa shape index (κ2) is 6.27. The molecule has 0 unspecified atom stereocenters. The van der Waals surface area contributed by atoms with Crippen LogP contribution in [0.15, 0.2) is 41.5 Å². The normalized spacial score (nSPS) is 31.1. The van der Waals surface area contributed by atoms with Crippen LogP contribution < -0.4 is 4.90 Å². The molecule has 1 aromatic rings. The van der Waals surface area contributed by atoms with E-state index in [1.165, 1.54) is 48.6 Å². The van der Waals surface area contributed by atoms with Gasteiger partial charge in [-0.3, -0.25) is 19.7 Å². The standard InChI is InChI=1S/C21H19ClN2O4/c22-15-9-6-12(10-16(15)24(27)28)23-20(25)18-13-7-8-14(19(18)21(23)26)17(13)11-4-2-1-3-5-11/h6-10,13-14,18-19H,1-5H2/t13-,14-,18-,19+/m1/s1. The van der Waals surface area contributed by atoms with Gasteiger partial charge in [0.25, 0.3) is 5.69 Å². The summed E-state index contributed by atoms with van der Waals surface area (Å²) >= 11 is 5.88. The number of allylic oxidation sites excluding steroid dienone is 4. The first-order valence-corrected chi connectivity index (χ1v) is 10.1. The van der Waals surface area contributed by atoms with Gasteiger partial charge in [0.2, 0.25) is 11.8 Å². The smallest absolute Gasteiger partial charge is 0.274 e. The fourth-order valence-corrected chi connectivity index (χ4v) is 5.72. The molecule has 1 saturated heterocycles. The van der Waals surface area contributed by atoms with E-state index in [9.17, 15) is 19.7 Å². The highest BCUT2D eigenvalue weighted by Crippen LogP contribution is 2.58. The Morgan fingerprint density at radius 2 is 1.61 bits per heavy atom. The van der Waals surface area contributed by atoms with E-state index >= 15 is 0 Å². The largest absolute Gasteiger partial charge is 0.289 e. The molecule has 1 heterocycles. The van der Waals surface area contributed by atoms with Crippen molar-refractivity contribution >= 4 is 34.8 Å². The summed E-state index contributed by atoms with van der Waals surface area (Å²) in [5.41, 5.74) is 2.67. The van der Waals surface area contributed by atoms with E-state index in [1.807, 2.05) is 0 Å². The molecule has 0 N–H and O–H groups in total. The number of nitro groups is 1. The maximum absolute atomic E-state index is 13.2. The predicted octanol–water partition coefficient (Wildman–Crippen LogP) is 4.43. The number of nitrogens with zero attached hydrogens (tertiary/aromatic N) is 2. The number of amides is 2. The zero-order chi connectivity index (χ0) is 19.6. The highest BCUT2D eigenvalue weighted by molar-refractivity contribution is 6.33. The Bertz CT molecular complexity index is 941. The topological polar surface area (TPSA) is 80.5 Å². The van der Waals surface area contributed by atoms with E-state index in [0.29, 0.717) is 0 Å². The average Bonchev–Trinajstić information content (AvgIpc) is 3.33. The van der Waals surface area contributed by atoms with E-state index in [4.69, 9.17) is 11.6 Å². The van der Waals surface area contributed by atoms with Crippen molar-refractivity contribution < 1.29 is 14.5 Å². The quantitative estimate of drug-likeness (QED) is 0.319. The van der Waals surface area contributed by atoms with Crippen LogP contribution >= 0.6 is 11.6 Å². The van der Waals surface area contributed by atoms with Gasteiger partial charge in [-0.05, 0) is 37.8 Å². The maximum atomic E-state index is 13.2. The minimum absolute atomic E-state index is 0.00756. The first-order valence-electron chi connectivity index (χ1n) is 9.71. The molecule has 2 saturated carbocycles. The van der Waals surface area contributed by atoms with E-state index in [2.05, 4.69) is 12.2 Å². The molecule has 0 aromatic heterocycles. The molecule has 3 fully saturated rings. The van der Waals surface area contributed by atoms with Crippen molar-refractivity contribution in [3.8, 4) is 0 Å². The van der Waals surface area contributed by atoms with Crippen molar-refractivity contribution in [2.75, 3.05) is 4.90 Å². The summed E-state index contributed by atoms with van der Waals surface area (Å²) in [4.78, 5) is 38.2. The fraction of sp³-hybridized carbons (Fsp3) is 0.429. The fourth-order valence-electron chi connectivity index (χ4n) is 5.54. The summed E-state index contributed by atoms with van der Waals surface area (Å²) in [6.45, 7) is 0. The second-order valence-corrected chi connectivity index (χ2v) is 8.42. The number of carbonyl (C=O) groups excluding carboxylic acids is 2. The maximum Gasteiger partial charge on any atom is 0.289 e. The monoisotopic (exact) mass is 398 g/mol. The minimum Gasteiger partial charge on any atom is -0.274 e. The van der Waals surface area contributed by atoms with Gasteiger partial charge in [0.15, 0.2) is 0 Å². The third-order valence-corrected chi connectivity index (χ3v) is 6.99. The van der Waals surface area contributed by atoms with E-state index in [0.717, 1.165) is 17.7 Å². The summed E-state index contributed by atoms with van der Waals surface area (Å²) < 4.78 is 0. The molecular formula is C21H19ClN2O4. The molecule has 6 nitrogen and oxygen atoms in total. The Balaban J connectivity index is 1.52. The van der Waals surface area contributed by atoms with Crippen molar-refractivity contribution in [3.05, 3.63) is 56.6 Å². The molecule has 144 valence electrons. The van der Waals surface area contributed by atoms with Gasteiger partial charge >= 0.3 is 0 Å². The Morgan fingerprint density at radius 3 is 2.18 bits per heavy atom. The molecule has 3 aliphatic carbocycles. The van der Waals surface area contributed by atoms with Crippen LogP contribution in [0.25, 0.3) is 0 Å². The molecule has 4 aliphatic rings. The average molecular weight is 399 g/mol. The number of carbonyl (C=O) groups is 2. The van der Waals surface area contributed by atoms with Gasteiger partial charge in [-0.2, -0.15) is 0 Å². The summed E-state index contributed by atoms with van der Waals surface area (Å²) in [6.07, 6.45) is 9.90. The van der Waals surface area contributed by atoms with Crippen LogP contribution in [0.2, 0.25) is 5.02 Å². The van der Waals surface area contributed by atoms with Crippen LogP contribution in [0.1, 0.15) is 32.1 Å². The number of anilines is 1. The van der Waals surface area contributed by atoms with Gasteiger partial charge in [-0.25, -0.2) is 4.90 Å². The molecule has 0 spiro atoms. The Hall–Kier alpha value is -2.47. The summed E-state index contributed by atoms with van der Waals surface area (Å²) in [5, 5.41) is 11.2. The number of halogens is 1. The summed E-state index contributed by atoms with van der Waals surface area (Å²) in [5.74, 6) is -1.29. The molecule has 1 aliphatic heterocycles. The molecule has 4 atom stereocenters. The van der Waals surface area contributed by atoms with E-state index in [-0.39, 0.29) is 51.9 Å². The Morgan fingerprint density at radius 1 is 1.00 bits per heavy atom. The van der Waals surface area contributed by atoms with Crippen LogP contribution in [-0.2, 0) is 9.59 Å². The van der Waals surface area contributed by atoms with Gasteiger partial charge in [-0.15, -0.1) is 0 Å². The van der Waals surface area contributed by atoms with E-state index < -0.39 is 4.92 Å². The lowest BCUT2D eigenvalue weighted by atomic mass is 9.85. The molecule has 2 bridgehead atoms. The third kappa shape index (κ3) is 2.33. The molecule has 1 aromatic carbocycles. The summed E-state index contributed by atoms with van der Waals surface area (Å²) in [6, 6.07) is 4.09. The third-order valence-electron chi connectivity index (χ3n) is 6.67. The van der Waals surface area contributed by atoms with E-state index in [1.54, 1.807) is 0 Å². The van der Waals surface area contributed by atoms with Crippen LogP contribution in [0.3, 0.4) is 0 Å². The molecule has 28 heavy (non-hydrogen) atoms. The number of fused-ring (bicyclic) bond motifs is 5. The number of imide groups is 1.